The molecule has 1 rings (SSSR count). The minimum atomic E-state index is -1.45. The smallest absolute Gasteiger partial charge is 0.337 e. The maximum Gasteiger partial charge on any atom is 0.337 e. The first-order valence-corrected chi connectivity index (χ1v) is 4.96. The van der Waals surface area contributed by atoms with Crippen molar-refractivity contribution in [3.8, 4) is 5.75 Å². The van der Waals surface area contributed by atoms with Gasteiger partial charge in [0.1, 0.15) is 12.4 Å². The van der Waals surface area contributed by atoms with Crippen LogP contribution in [0.4, 0.5) is 0 Å². The number of esters is 1. The lowest BCUT2D eigenvalue weighted by molar-refractivity contribution is -0.163. The number of hydrogen-bond acceptors (Lipinski definition) is 4. The van der Waals surface area contributed by atoms with Crippen molar-refractivity contribution >= 4 is 5.97 Å². The van der Waals surface area contributed by atoms with Crippen molar-refractivity contribution in [2.75, 3.05) is 7.11 Å². The molecule has 0 unspecified atom stereocenters. The maximum absolute atomic E-state index is 11.3. The molecular weight excluding hydrogens is 208 g/mol. The molecule has 0 amide bonds. The van der Waals surface area contributed by atoms with Crippen LogP contribution in [0.25, 0.3) is 0 Å². The van der Waals surface area contributed by atoms with Crippen LogP contribution in [-0.2, 0) is 16.1 Å². The molecule has 1 aromatic carbocycles. The molecule has 4 heteroatoms. The molecule has 0 bridgehead atoms. The third kappa shape index (κ3) is 3.55. The van der Waals surface area contributed by atoms with Crippen molar-refractivity contribution in [2.24, 2.45) is 0 Å². The van der Waals surface area contributed by atoms with E-state index in [0.717, 1.165) is 11.3 Å². The second-order valence-electron chi connectivity index (χ2n) is 3.98. The van der Waals surface area contributed by atoms with E-state index in [-0.39, 0.29) is 6.61 Å². The van der Waals surface area contributed by atoms with Crippen LogP contribution in [0.5, 0.6) is 5.75 Å². The lowest BCUT2D eigenvalue weighted by Crippen LogP contribution is -2.32. The molecular formula is C12H16O4. The predicted molar refractivity (Wildman–Crippen MR) is 59.1 cm³/mol. The van der Waals surface area contributed by atoms with Crippen LogP contribution in [0.3, 0.4) is 0 Å². The van der Waals surface area contributed by atoms with Crippen LogP contribution >= 0.6 is 0 Å². The van der Waals surface area contributed by atoms with Gasteiger partial charge in [0, 0.05) is 0 Å². The Morgan fingerprint density at radius 3 is 2.31 bits per heavy atom. The summed E-state index contributed by atoms with van der Waals surface area (Å²) in [5.41, 5.74) is -0.606. The fourth-order valence-corrected chi connectivity index (χ4v) is 1.05. The number of methoxy groups -OCH3 is 1. The Morgan fingerprint density at radius 2 is 1.88 bits per heavy atom. The van der Waals surface area contributed by atoms with Crippen molar-refractivity contribution in [1.82, 2.24) is 0 Å². The molecule has 0 atom stereocenters. The highest BCUT2D eigenvalue weighted by Gasteiger charge is 2.25. The third-order valence-corrected chi connectivity index (χ3v) is 2.03. The fourth-order valence-electron chi connectivity index (χ4n) is 1.05. The fraction of sp³-hybridized carbons (Fsp3) is 0.417. The molecule has 88 valence electrons. The minimum absolute atomic E-state index is 0.146. The van der Waals surface area contributed by atoms with E-state index in [2.05, 4.69) is 0 Å². The summed E-state index contributed by atoms with van der Waals surface area (Å²) in [6, 6.07) is 7.17. The largest absolute Gasteiger partial charge is 0.497 e. The van der Waals surface area contributed by atoms with E-state index >= 15 is 0 Å². The first-order chi connectivity index (χ1) is 7.43. The molecule has 4 nitrogen and oxygen atoms in total. The average molecular weight is 224 g/mol. The van der Waals surface area contributed by atoms with E-state index < -0.39 is 11.6 Å². The Kier molecular flexibility index (Phi) is 3.90. The van der Waals surface area contributed by atoms with Crippen molar-refractivity contribution in [3.63, 3.8) is 0 Å². The molecule has 0 aliphatic heterocycles. The van der Waals surface area contributed by atoms with E-state index in [1.54, 1.807) is 31.4 Å². The molecule has 16 heavy (non-hydrogen) atoms. The minimum Gasteiger partial charge on any atom is -0.497 e. The number of carbonyl (C=O) groups excluding carboxylic acids is 1. The second kappa shape index (κ2) is 4.99. The van der Waals surface area contributed by atoms with Gasteiger partial charge >= 0.3 is 5.97 Å². The first kappa shape index (κ1) is 12.5. The molecule has 0 fully saturated rings. The monoisotopic (exact) mass is 224 g/mol. The number of hydrogen-bond donors (Lipinski definition) is 1. The lowest BCUT2D eigenvalue weighted by Gasteiger charge is -2.15. The van der Waals surface area contributed by atoms with Gasteiger partial charge in [-0.3, -0.25) is 0 Å². The van der Waals surface area contributed by atoms with Gasteiger partial charge in [-0.15, -0.1) is 0 Å². The standard InChI is InChI=1S/C12H16O4/c1-12(2,14)11(13)16-8-9-4-6-10(15-3)7-5-9/h4-7,14H,8H2,1-3H3. The zero-order chi connectivity index (χ0) is 12.2. The average Bonchev–Trinajstić information content (AvgIpc) is 2.25. The topological polar surface area (TPSA) is 55.8 Å². The third-order valence-electron chi connectivity index (χ3n) is 2.03. The summed E-state index contributed by atoms with van der Waals surface area (Å²) in [4.78, 5) is 11.3. The van der Waals surface area contributed by atoms with Gasteiger partial charge in [0.25, 0.3) is 0 Å². The molecule has 1 aromatic rings. The SMILES string of the molecule is COc1ccc(COC(=O)C(C)(C)O)cc1. The van der Waals surface area contributed by atoms with Crippen molar-refractivity contribution in [3.05, 3.63) is 29.8 Å². The first-order valence-electron chi connectivity index (χ1n) is 4.96. The summed E-state index contributed by atoms with van der Waals surface area (Å²) in [6.45, 7) is 2.93. The van der Waals surface area contributed by atoms with Crippen LogP contribution in [0.2, 0.25) is 0 Å². The van der Waals surface area contributed by atoms with Crippen LogP contribution in [0.15, 0.2) is 24.3 Å². The van der Waals surface area contributed by atoms with Crippen molar-refractivity contribution in [1.29, 1.82) is 0 Å². The Bertz CT molecular complexity index is 348. The number of benzene rings is 1. The van der Waals surface area contributed by atoms with Crippen LogP contribution in [0, 0.1) is 0 Å². The summed E-state index contributed by atoms with van der Waals surface area (Å²) in [5.74, 6) is 0.112. The lowest BCUT2D eigenvalue weighted by atomic mass is 10.1. The van der Waals surface area contributed by atoms with E-state index in [1.807, 2.05) is 0 Å². The molecule has 0 saturated carbocycles. The zero-order valence-corrected chi connectivity index (χ0v) is 9.69. The van der Waals surface area contributed by atoms with Gasteiger partial charge < -0.3 is 14.6 Å². The highest BCUT2D eigenvalue weighted by atomic mass is 16.5. The number of carbonyl (C=O) groups is 1. The summed E-state index contributed by atoms with van der Waals surface area (Å²) in [5, 5.41) is 9.35. The van der Waals surface area contributed by atoms with Gasteiger partial charge in [-0.05, 0) is 31.5 Å². The van der Waals surface area contributed by atoms with Crippen LogP contribution < -0.4 is 4.74 Å². The summed E-state index contributed by atoms with van der Waals surface area (Å²) < 4.78 is 9.94. The van der Waals surface area contributed by atoms with Crippen molar-refractivity contribution in [2.45, 2.75) is 26.1 Å². The van der Waals surface area contributed by atoms with E-state index in [9.17, 15) is 9.90 Å². The number of rotatable bonds is 4. The highest BCUT2D eigenvalue weighted by molar-refractivity contribution is 5.78. The van der Waals surface area contributed by atoms with Gasteiger partial charge in [-0.2, -0.15) is 0 Å². The summed E-state index contributed by atoms with van der Waals surface area (Å²) >= 11 is 0. The quantitative estimate of drug-likeness (QED) is 0.788. The Hall–Kier alpha value is -1.55. The Balaban J connectivity index is 2.52. The number of aliphatic hydroxyl groups is 1. The summed E-state index contributed by atoms with van der Waals surface area (Å²) in [6.07, 6.45) is 0. The predicted octanol–water partition coefficient (Wildman–Crippen LogP) is 1.51. The van der Waals surface area contributed by atoms with Crippen LogP contribution in [0.1, 0.15) is 19.4 Å². The van der Waals surface area contributed by atoms with E-state index in [0.29, 0.717) is 0 Å². The normalized spacial score (nSPS) is 11.0. The molecule has 1 N–H and O–H groups in total. The van der Waals surface area contributed by atoms with Gasteiger partial charge in [-0.25, -0.2) is 4.79 Å². The molecule has 0 radical (unpaired) electrons. The van der Waals surface area contributed by atoms with Gasteiger partial charge in [0.15, 0.2) is 5.60 Å². The molecule has 0 heterocycles. The summed E-state index contributed by atoms with van der Waals surface area (Å²) in [7, 11) is 1.59. The molecule has 0 saturated heterocycles. The van der Waals surface area contributed by atoms with Gasteiger partial charge in [0.2, 0.25) is 0 Å². The molecule has 0 spiro atoms. The molecule has 0 aliphatic rings. The van der Waals surface area contributed by atoms with Gasteiger partial charge in [-0.1, -0.05) is 12.1 Å². The van der Waals surface area contributed by atoms with Crippen LogP contribution in [-0.4, -0.2) is 23.8 Å². The highest BCUT2D eigenvalue weighted by Crippen LogP contribution is 2.13. The Morgan fingerprint density at radius 1 is 1.31 bits per heavy atom. The molecule has 0 aliphatic carbocycles. The maximum atomic E-state index is 11.3. The zero-order valence-electron chi connectivity index (χ0n) is 9.69. The van der Waals surface area contributed by atoms with Gasteiger partial charge in [0.05, 0.1) is 7.11 Å². The number of ether oxygens (including phenoxy) is 2. The van der Waals surface area contributed by atoms with Crippen molar-refractivity contribution < 1.29 is 19.4 Å². The van der Waals surface area contributed by atoms with E-state index in [4.69, 9.17) is 9.47 Å². The Labute approximate surface area is 94.8 Å². The van der Waals surface area contributed by atoms with E-state index in [1.165, 1.54) is 13.8 Å². The molecule has 0 aromatic heterocycles. The second-order valence-corrected chi connectivity index (χ2v) is 3.98.